The van der Waals surface area contributed by atoms with Crippen LogP contribution < -0.4 is 10.6 Å². The largest absolute Gasteiger partial charge is 0.389 e. The summed E-state index contributed by atoms with van der Waals surface area (Å²) in [4.78, 5) is 19.0. The number of hydrogen-bond acceptors (Lipinski definition) is 4. The molecule has 2 N–H and O–H groups in total. The van der Waals surface area contributed by atoms with E-state index in [1.54, 1.807) is 29.6 Å². The van der Waals surface area contributed by atoms with Crippen molar-refractivity contribution in [1.29, 1.82) is 0 Å². The summed E-state index contributed by atoms with van der Waals surface area (Å²) in [5.41, 5.74) is 9.54. The van der Waals surface area contributed by atoms with E-state index in [2.05, 4.69) is 4.98 Å². The normalized spacial score (nSPS) is 10.2. The Morgan fingerprint density at radius 2 is 2.00 bits per heavy atom. The highest BCUT2D eigenvalue weighted by molar-refractivity contribution is 7.80. The van der Waals surface area contributed by atoms with Crippen molar-refractivity contribution >= 4 is 40.1 Å². The number of nitrogens with zero attached hydrogens (tertiary/aromatic N) is 2. The molecule has 4 nitrogen and oxygen atoms in total. The van der Waals surface area contributed by atoms with Gasteiger partial charge in [0.1, 0.15) is 9.87 Å². The van der Waals surface area contributed by atoms with E-state index in [0.717, 1.165) is 16.9 Å². The van der Waals surface area contributed by atoms with Gasteiger partial charge in [-0.05, 0) is 31.2 Å². The van der Waals surface area contributed by atoms with Crippen molar-refractivity contribution in [1.82, 2.24) is 4.98 Å². The number of carbonyl (C=O) groups excluding carboxylic acids is 1. The smallest absolute Gasteiger partial charge is 0.269 e. The Labute approximate surface area is 120 Å². The van der Waals surface area contributed by atoms with Gasteiger partial charge in [-0.25, -0.2) is 4.98 Å². The number of carbonyl (C=O) groups is 1. The number of aryl methyl sites for hydroxylation is 1. The maximum absolute atomic E-state index is 12.3. The molecule has 1 aromatic heterocycles. The van der Waals surface area contributed by atoms with E-state index in [-0.39, 0.29) is 5.91 Å². The van der Waals surface area contributed by atoms with E-state index in [0.29, 0.717) is 9.87 Å². The lowest BCUT2D eigenvalue weighted by atomic mass is 10.2. The molecule has 0 saturated carbocycles. The Morgan fingerprint density at radius 1 is 1.37 bits per heavy atom. The molecule has 6 heteroatoms. The molecule has 0 radical (unpaired) electrons. The zero-order valence-corrected chi connectivity index (χ0v) is 12.2. The standard InChI is InChI=1S/C13H13N3OS2/c1-8-11(19-7-15-8)13(17)16(2)10-5-3-9(4-6-10)12(14)18/h3-7H,1-2H3,(H2,14,18). The van der Waals surface area contributed by atoms with Crippen LogP contribution in [0.1, 0.15) is 20.9 Å². The minimum atomic E-state index is -0.0666. The number of rotatable bonds is 3. The second-order valence-corrected chi connectivity index (χ2v) is 5.34. The number of anilines is 1. The van der Waals surface area contributed by atoms with Crippen molar-refractivity contribution in [3.8, 4) is 0 Å². The van der Waals surface area contributed by atoms with Gasteiger partial charge in [-0.15, -0.1) is 11.3 Å². The Hall–Kier alpha value is -1.79. The summed E-state index contributed by atoms with van der Waals surface area (Å²) in [5.74, 6) is -0.0666. The fourth-order valence-corrected chi connectivity index (χ4v) is 2.54. The average molecular weight is 291 g/mol. The Balaban J connectivity index is 2.24. The van der Waals surface area contributed by atoms with E-state index in [1.165, 1.54) is 11.3 Å². The molecule has 19 heavy (non-hydrogen) atoms. The van der Waals surface area contributed by atoms with Crippen LogP contribution in [-0.2, 0) is 0 Å². The fourth-order valence-electron chi connectivity index (χ4n) is 1.63. The van der Waals surface area contributed by atoms with Crippen molar-refractivity contribution in [2.24, 2.45) is 5.73 Å². The molecule has 1 aromatic carbocycles. The molecule has 0 fully saturated rings. The van der Waals surface area contributed by atoms with Crippen LogP contribution in [0.3, 0.4) is 0 Å². The molecule has 0 atom stereocenters. The molecular formula is C13H13N3OS2. The Kier molecular flexibility index (Phi) is 3.92. The van der Waals surface area contributed by atoms with Crippen molar-refractivity contribution in [2.75, 3.05) is 11.9 Å². The minimum absolute atomic E-state index is 0.0666. The third-order valence-corrected chi connectivity index (χ3v) is 3.94. The molecular weight excluding hydrogens is 278 g/mol. The predicted octanol–water partition coefficient (Wildman–Crippen LogP) is 2.36. The molecule has 1 heterocycles. The van der Waals surface area contributed by atoms with Crippen LogP contribution in [0, 0.1) is 6.92 Å². The third-order valence-electron chi connectivity index (χ3n) is 2.78. The summed E-state index contributed by atoms with van der Waals surface area (Å²) in [6, 6.07) is 7.26. The lowest BCUT2D eigenvalue weighted by molar-refractivity contribution is 0.0996. The van der Waals surface area contributed by atoms with Gasteiger partial charge in [-0.2, -0.15) is 0 Å². The quantitative estimate of drug-likeness (QED) is 0.882. The third kappa shape index (κ3) is 2.80. The van der Waals surface area contributed by atoms with Crippen LogP contribution in [0.15, 0.2) is 29.8 Å². The highest BCUT2D eigenvalue weighted by atomic mass is 32.1. The predicted molar refractivity (Wildman–Crippen MR) is 81.9 cm³/mol. The lowest BCUT2D eigenvalue weighted by Crippen LogP contribution is -2.26. The molecule has 98 valence electrons. The Bertz CT molecular complexity index is 619. The van der Waals surface area contributed by atoms with Gasteiger partial charge in [0.15, 0.2) is 0 Å². The van der Waals surface area contributed by atoms with Crippen LogP contribution in [0.2, 0.25) is 0 Å². The first-order valence-corrected chi connectivity index (χ1v) is 6.87. The number of amides is 1. The first kappa shape index (κ1) is 13.6. The maximum Gasteiger partial charge on any atom is 0.269 e. The lowest BCUT2D eigenvalue weighted by Gasteiger charge is -2.17. The molecule has 0 unspecified atom stereocenters. The van der Waals surface area contributed by atoms with Gasteiger partial charge in [0.25, 0.3) is 5.91 Å². The number of thiazole rings is 1. The van der Waals surface area contributed by atoms with Crippen LogP contribution in [0.25, 0.3) is 0 Å². The topological polar surface area (TPSA) is 59.2 Å². The molecule has 2 aromatic rings. The molecule has 0 aliphatic rings. The van der Waals surface area contributed by atoms with Gasteiger partial charge >= 0.3 is 0 Å². The monoisotopic (exact) mass is 291 g/mol. The van der Waals surface area contributed by atoms with Crippen molar-refractivity contribution in [3.63, 3.8) is 0 Å². The summed E-state index contributed by atoms with van der Waals surface area (Å²) in [6.45, 7) is 1.83. The van der Waals surface area contributed by atoms with E-state index in [9.17, 15) is 4.79 Å². The van der Waals surface area contributed by atoms with E-state index in [4.69, 9.17) is 18.0 Å². The van der Waals surface area contributed by atoms with Crippen molar-refractivity contribution < 1.29 is 4.79 Å². The average Bonchev–Trinajstić information content (AvgIpc) is 2.83. The zero-order chi connectivity index (χ0) is 14.0. The van der Waals surface area contributed by atoms with Gasteiger partial charge in [-0.1, -0.05) is 12.2 Å². The van der Waals surface area contributed by atoms with Crippen LogP contribution in [0.5, 0.6) is 0 Å². The van der Waals surface area contributed by atoms with E-state index in [1.807, 2.05) is 19.1 Å². The van der Waals surface area contributed by atoms with Gasteiger partial charge in [0.2, 0.25) is 0 Å². The van der Waals surface area contributed by atoms with Gasteiger partial charge in [0, 0.05) is 18.3 Å². The number of benzene rings is 1. The second-order valence-electron chi connectivity index (χ2n) is 4.04. The molecule has 0 aliphatic carbocycles. The highest BCUT2D eigenvalue weighted by Gasteiger charge is 2.17. The SMILES string of the molecule is Cc1ncsc1C(=O)N(C)c1ccc(C(N)=S)cc1. The number of hydrogen-bond donors (Lipinski definition) is 1. The van der Waals surface area contributed by atoms with Gasteiger partial charge in [-0.3, -0.25) is 4.79 Å². The maximum atomic E-state index is 12.3. The second kappa shape index (κ2) is 5.46. The summed E-state index contributed by atoms with van der Waals surface area (Å²) < 4.78 is 0. The molecule has 0 bridgehead atoms. The van der Waals surface area contributed by atoms with E-state index < -0.39 is 0 Å². The first-order valence-electron chi connectivity index (χ1n) is 5.58. The molecule has 2 rings (SSSR count). The Morgan fingerprint density at radius 3 is 2.47 bits per heavy atom. The number of aromatic nitrogens is 1. The van der Waals surface area contributed by atoms with Crippen molar-refractivity contribution in [3.05, 3.63) is 45.9 Å². The van der Waals surface area contributed by atoms with Crippen molar-refractivity contribution in [2.45, 2.75) is 6.92 Å². The molecule has 0 spiro atoms. The summed E-state index contributed by atoms with van der Waals surface area (Å²) in [7, 11) is 1.73. The van der Waals surface area contributed by atoms with Gasteiger partial charge in [0.05, 0.1) is 11.2 Å². The molecule has 0 saturated heterocycles. The fraction of sp³-hybridized carbons (Fsp3) is 0.154. The molecule has 1 amide bonds. The summed E-state index contributed by atoms with van der Waals surface area (Å²) in [5, 5.41) is 0. The number of nitrogens with two attached hydrogens (primary N) is 1. The van der Waals surface area contributed by atoms with Crippen LogP contribution in [0.4, 0.5) is 5.69 Å². The highest BCUT2D eigenvalue weighted by Crippen LogP contribution is 2.20. The van der Waals surface area contributed by atoms with E-state index >= 15 is 0 Å². The summed E-state index contributed by atoms with van der Waals surface area (Å²) in [6.07, 6.45) is 0. The van der Waals surface area contributed by atoms with Crippen LogP contribution in [-0.4, -0.2) is 22.9 Å². The van der Waals surface area contributed by atoms with Gasteiger partial charge < -0.3 is 10.6 Å². The zero-order valence-electron chi connectivity index (χ0n) is 10.6. The molecule has 0 aliphatic heterocycles. The summed E-state index contributed by atoms with van der Waals surface area (Å²) >= 11 is 6.24. The minimum Gasteiger partial charge on any atom is -0.389 e. The first-order chi connectivity index (χ1) is 9.00. The number of thiocarbonyl (C=S) groups is 1. The van der Waals surface area contributed by atoms with Crippen LogP contribution >= 0.6 is 23.6 Å².